The lowest BCUT2D eigenvalue weighted by Gasteiger charge is -2.30. The molecule has 3 rings (SSSR count). The molecule has 1 saturated heterocycles. The number of amides is 1. The van der Waals surface area contributed by atoms with E-state index < -0.39 is 0 Å². The molecular formula is C18H20N2O2. The Morgan fingerprint density at radius 2 is 2.05 bits per heavy atom. The lowest BCUT2D eigenvalue weighted by atomic mass is 9.98. The van der Waals surface area contributed by atoms with Crippen LogP contribution in [-0.4, -0.2) is 40.6 Å². The number of aliphatic hydroxyl groups is 1. The monoisotopic (exact) mass is 296 g/mol. The second kappa shape index (κ2) is 6.71. The first-order chi connectivity index (χ1) is 10.8. The van der Waals surface area contributed by atoms with E-state index in [9.17, 15) is 4.79 Å². The summed E-state index contributed by atoms with van der Waals surface area (Å²) in [6.45, 7) is 1.68. The van der Waals surface area contributed by atoms with Gasteiger partial charge in [-0.15, -0.1) is 0 Å². The second-order valence-electron chi connectivity index (χ2n) is 5.70. The first kappa shape index (κ1) is 14.7. The number of piperidine rings is 1. The van der Waals surface area contributed by atoms with Crippen LogP contribution in [0.1, 0.15) is 18.4 Å². The van der Waals surface area contributed by atoms with E-state index in [2.05, 4.69) is 4.98 Å². The van der Waals surface area contributed by atoms with Crippen molar-refractivity contribution in [3.05, 3.63) is 48.2 Å². The van der Waals surface area contributed by atoms with Crippen LogP contribution in [0, 0.1) is 5.92 Å². The molecule has 1 amide bonds. The average Bonchev–Trinajstić information content (AvgIpc) is 2.59. The van der Waals surface area contributed by atoms with Gasteiger partial charge in [0.2, 0.25) is 5.91 Å². The van der Waals surface area contributed by atoms with E-state index in [1.54, 1.807) is 12.3 Å². The maximum atomic E-state index is 12.3. The predicted octanol–water partition coefficient (Wildman–Crippen LogP) is 2.48. The molecular weight excluding hydrogens is 276 g/mol. The summed E-state index contributed by atoms with van der Waals surface area (Å²) in [6, 6.07) is 9.83. The van der Waals surface area contributed by atoms with Gasteiger partial charge in [-0.2, -0.15) is 0 Å². The van der Waals surface area contributed by atoms with Gasteiger partial charge in [-0.3, -0.25) is 9.78 Å². The fraction of sp³-hybridized carbons (Fsp3) is 0.333. The smallest absolute Gasteiger partial charge is 0.246 e. The molecule has 1 fully saturated rings. The average molecular weight is 296 g/mol. The van der Waals surface area contributed by atoms with Gasteiger partial charge >= 0.3 is 0 Å². The molecule has 2 aromatic rings. The molecule has 1 aromatic carbocycles. The highest BCUT2D eigenvalue weighted by atomic mass is 16.3. The molecule has 1 aromatic heterocycles. The highest BCUT2D eigenvalue weighted by Gasteiger charge is 2.20. The number of aliphatic hydroxyl groups excluding tert-OH is 1. The van der Waals surface area contributed by atoms with Gasteiger partial charge in [0.15, 0.2) is 0 Å². The van der Waals surface area contributed by atoms with Crippen molar-refractivity contribution >= 4 is 22.9 Å². The Bertz CT molecular complexity index is 683. The highest BCUT2D eigenvalue weighted by Crippen LogP contribution is 2.19. The van der Waals surface area contributed by atoms with Crippen LogP contribution < -0.4 is 0 Å². The number of benzene rings is 1. The third-order valence-electron chi connectivity index (χ3n) is 4.27. The molecule has 0 spiro atoms. The number of para-hydroxylation sites is 1. The molecule has 22 heavy (non-hydrogen) atoms. The summed E-state index contributed by atoms with van der Waals surface area (Å²) in [5, 5.41) is 10.2. The molecule has 0 bridgehead atoms. The van der Waals surface area contributed by atoms with Crippen molar-refractivity contribution in [2.75, 3.05) is 19.7 Å². The van der Waals surface area contributed by atoms with Crippen LogP contribution in [-0.2, 0) is 4.79 Å². The molecule has 4 nitrogen and oxygen atoms in total. The molecule has 114 valence electrons. The van der Waals surface area contributed by atoms with Gasteiger partial charge in [0.25, 0.3) is 0 Å². The Hall–Kier alpha value is -2.20. The van der Waals surface area contributed by atoms with Gasteiger partial charge in [0.05, 0.1) is 5.52 Å². The molecule has 1 aliphatic rings. The number of carbonyl (C=O) groups excluding carboxylic acids is 1. The van der Waals surface area contributed by atoms with Crippen molar-refractivity contribution in [1.82, 2.24) is 9.88 Å². The quantitative estimate of drug-likeness (QED) is 0.885. The van der Waals surface area contributed by atoms with Crippen LogP contribution in [0.15, 0.2) is 42.6 Å². The van der Waals surface area contributed by atoms with Crippen molar-refractivity contribution in [3.8, 4) is 0 Å². The van der Waals surface area contributed by atoms with Gasteiger partial charge in [0.1, 0.15) is 0 Å². The summed E-state index contributed by atoms with van der Waals surface area (Å²) in [4.78, 5) is 18.4. The molecule has 0 aliphatic carbocycles. The standard InChI is InChI=1S/C18H20N2O2/c21-13-14-8-11-20(12-9-14)18(22)6-5-15-7-10-19-17-4-2-1-3-16(15)17/h1-7,10,14,21H,8-9,11-13H2/b6-5+. The maximum absolute atomic E-state index is 12.3. The van der Waals surface area contributed by atoms with Gasteiger partial charge < -0.3 is 10.0 Å². The van der Waals surface area contributed by atoms with Crippen LogP contribution in [0.25, 0.3) is 17.0 Å². The van der Waals surface area contributed by atoms with E-state index >= 15 is 0 Å². The number of pyridine rings is 1. The number of nitrogens with zero attached hydrogens (tertiary/aromatic N) is 2. The zero-order valence-corrected chi connectivity index (χ0v) is 12.5. The molecule has 0 unspecified atom stereocenters. The van der Waals surface area contributed by atoms with Gasteiger partial charge in [0, 0.05) is 37.4 Å². The van der Waals surface area contributed by atoms with Crippen molar-refractivity contribution in [3.63, 3.8) is 0 Å². The topological polar surface area (TPSA) is 53.4 Å². The largest absolute Gasteiger partial charge is 0.396 e. The normalized spacial score (nSPS) is 16.5. The SMILES string of the molecule is O=C(/C=C/c1ccnc2ccccc12)N1CCC(CO)CC1. The van der Waals surface area contributed by atoms with E-state index in [1.165, 1.54) is 0 Å². The highest BCUT2D eigenvalue weighted by molar-refractivity contribution is 5.95. The summed E-state index contributed by atoms with van der Waals surface area (Å²) >= 11 is 0. The van der Waals surface area contributed by atoms with Crippen LogP contribution in [0.3, 0.4) is 0 Å². The fourth-order valence-corrected chi connectivity index (χ4v) is 2.87. The van der Waals surface area contributed by atoms with Crippen molar-refractivity contribution in [2.45, 2.75) is 12.8 Å². The number of fused-ring (bicyclic) bond motifs is 1. The van der Waals surface area contributed by atoms with E-state index in [0.717, 1.165) is 42.4 Å². The molecule has 0 atom stereocenters. The van der Waals surface area contributed by atoms with Crippen molar-refractivity contribution < 1.29 is 9.90 Å². The first-order valence-corrected chi connectivity index (χ1v) is 7.69. The Balaban J connectivity index is 1.72. The summed E-state index contributed by atoms with van der Waals surface area (Å²) in [5.41, 5.74) is 1.94. The van der Waals surface area contributed by atoms with Crippen molar-refractivity contribution in [2.24, 2.45) is 5.92 Å². The van der Waals surface area contributed by atoms with Gasteiger partial charge in [-0.25, -0.2) is 0 Å². The number of rotatable bonds is 3. The number of hydrogen-bond donors (Lipinski definition) is 1. The third kappa shape index (κ3) is 3.17. The summed E-state index contributed by atoms with van der Waals surface area (Å²) in [5.74, 6) is 0.384. The van der Waals surface area contributed by atoms with E-state index in [4.69, 9.17) is 5.11 Å². The van der Waals surface area contributed by atoms with Crippen LogP contribution in [0.5, 0.6) is 0 Å². The fourth-order valence-electron chi connectivity index (χ4n) is 2.87. The Morgan fingerprint density at radius 1 is 1.27 bits per heavy atom. The second-order valence-corrected chi connectivity index (χ2v) is 5.70. The summed E-state index contributed by atoms with van der Waals surface area (Å²) < 4.78 is 0. The molecule has 0 radical (unpaired) electrons. The first-order valence-electron chi connectivity index (χ1n) is 7.69. The third-order valence-corrected chi connectivity index (χ3v) is 4.27. The minimum Gasteiger partial charge on any atom is -0.396 e. The lowest BCUT2D eigenvalue weighted by Crippen LogP contribution is -2.38. The number of likely N-dealkylation sites (tertiary alicyclic amines) is 1. The summed E-state index contributed by atoms with van der Waals surface area (Å²) in [6.07, 6.45) is 7.04. The Kier molecular flexibility index (Phi) is 4.49. The molecule has 4 heteroatoms. The van der Waals surface area contributed by atoms with Gasteiger partial charge in [-0.1, -0.05) is 18.2 Å². The van der Waals surface area contributed by atoms with E-state index in [0.29, 0.717) is 5.92 Å². The molecule has 0 saturated carbocycles. The van der Waals surface area contributed by atoms with Crippen LogP contribution in [0.2, 0.25) is 0 Å². The Morgan fingerprint density at radius 3 is 2.82 bits per heavy atom. The Labute approximate surface area is 130 Å². The van der Waals surface area contributed by atoms with Gasteiger partial charge in [-0.05, 0) is 42.5 Å². The maximum Gasteiger partial charge on any atom is 0.246 e. The zero-order chi connectivity index (χ0) is 15.4. The lowest BCUT2D eigenvalue weighted by molar-refractivity contribution is -0.127. The van der Waals surface area contributed by atoms with Crippen molar-refractivity contribution in [1.29, 1.82) is 0 Å². The summed E-state index contributed by atoms with van der Waals surface area (Å²) in [7, 11) is 0. The van der Waals surface area contributed by atoms with Crippen LogP contribution >= 0.6 is 0 Å². The zero-order valence-electron chi connectivity index (χ0n) is 12.5. The minimum atomic E-state index is 0.0392. The molecule has 1 aliphatic heterocycles. The van der Waals surface area contributed by atoms with E-state index in [-0.39, 0.29) is 12.5 Å². The van der Waals surface area contributed by atoms with E-state index in [1.807, 2.05) is 41.3 Å². The number of hydrogen-bond acceptors (Lipinski definition) is 3. The minimum absolute atomic E-state index is 0.0392. The number of carbonyl (C=O) groups is 1. The molecule has 1 N–H and O–H groups in total. The van der Waals surface area contributed by atoms with Crippen LogP contribution in [0.4, 0.5) is 0 Å². The number of aromatic nitrogens is 1. The predicted molar refractivity (Wildman–Crippen MR) is 87.2 cm³/mol. The molecule has 2 heterocycles.